The van der Waals surface area contributed by atoms with Crippen LogP contribution in [0.3, 0.4) is 0 Å². The molecule has 1 aliphatic rings. The maximum absolute atomic E-state index is 5.99. The number of nitrogens with zero attached hydrogens (tertiary/aromatic N) is 2. The number of hydrogen-bond donors (Lipinski definition) is 2. The normalized spacial score (nSPS) is 15.6. The Kier molecular flexibility index (Phi) is 10.8. The number of aliphatic imine (C=N–C) groups is 1. The van der Waals surface area contributed by atoms with Crippen LogP contribution in [0.4, 0.5) is 0 Å². The van der Waals surface area contributed by atoms with Crippen LogP contribution in [0.1, 0.15) is 44.6 Å². The van der Waals surface area contributed by atoms with Crippen molar-refractivity contribution in [3.63, 3.8) is 0 Å². The summed E-state index contributed by atoms with van der Waals surface area (Å²) >= 11 is 0. The van der Waals surface area contributed by atoms with Gasteiger partial charge in [-0.05, 0) is 44.0 Å². The fourth-order valence-electron chi connectivity index (χ4n) is 3.35. The van der Waals surface area contributed by atoms with E-state index in [-0.39, 0.29) is 0 Å². The van der Waals surface area contributed by atoms with E-state index in [1.165, 1.54) is 24.8 Å². The van der Waals surface area contributed by atoms with E-state index in [2.05, 4.69) is 46.6 Å². The van der Waals surface area contributed by atoms with Crippen LogP contribution in [-0.4, -0.2) is 63.9 Å². The monoisotopic (exact) mass is 390 g/mol. The van der Waals surface area contributed by atoms with E-state index >= 15 is 0 Å². The second-order valence-corrected chi connectivity index (χ2v) is 7.38. The Hall–Kier alpha value is -1.79. The van der Waals surface area contributed by atoms with Gasteiger partial charge in [0.15, 0.2) is 5.96 Å². The van der Waals surface area contributed by atoms with Crippen molar-refractivity contribution in [2.24, 2.45) is 4.99 Å². The molecule has 6 heteroatoms. The summed E-state index contributed by atoms with van der Waals surface area (Å²) in [6.07, 6.45) is 5.87. The van der Waals surface area contributed by atoms with Crippen molar-refractivity contribution in [2.45, 2.75) is 51.6 Å². The predicted molar refractivity (Wildman–Crippen MR) is 116 cm³/mol. The average molecular weight is 391 g/mol. The zero-order chi connectivity index (χ0) is 20.0. The smallest absolute Gasteiger partial charge is 0.191 e. The number of guanidine groups is 1. The molecule has 0 aliphatic carbocycles. The zero-order valence-corrected chi connectivity index (χ0v) is 17.9. The number of nitrogens with one attached hydrogen (secondary N) is 2. The topological polar surface area (TPSA) is 58.1 Å². The van der Waals surface area contributed by atoms with Gasteiger partial charge in [0, 0.05) is 45.9 Å². The highest BCUT2D eigenvalue weighted by Gasteiger charge is 2.17. The van der Waals surface area contributed by atoms with Gasteiger partial charge in [0.1, 0.15) is 12.4 Å². The number of hydrogen-bond acceptors (Lipinski definition) is 4. The summed E-state index contributed by atoms with van der Waals surface area (Å²) < 4.78 is 11.4. The van der Waals surface area contributed by atoms with Gasteiger partial charge in [-0.15, -0.1) is 0 Å². The van der Waals surface area contributed by atoms with Gasteiger partial charge in [0.05, 0.1) is 0 Å². The predicted octanol–water partition coefficient (Wildman–Crippen LogP) is 3.03. The lowest BCUT2D eigenvalue weighted by Crippen LogP contribution is -2.38. The minimum atomic E-state index is 0.615. The van der Waals surface area contributed by atoms with Gasteiger partial charge < -0.3 is 20.1 Å². The summed E-state index contributed by atoms with van der Waals surface area (Å²) in [7, 11) is 3.99. The molecule has 1 aromatic carbocycles. The Labute approximate surface area is 170 Å². The van der Waals surface area contributed by atoms with Crippen LogP contribution in [0.15, 0.2) is 29.3 Å². The quantitative estimate of drug-likeness (QED) is 0.346. The van der Waals surface area contributed by atoms with Gasteiger partial charge in [-0.1, -0.05) is 31.9 Å². The van der Waals surface area contributed by atoms with Crippen LogP contribution in [0.25, 0.3) is 0 Å². The summed E-state index contributed by atoms with van der Waals surface area (Å²) in [6, 6.07) is 8.90. The molecule has 1 aliphatic heterocycles. The van der Waals surface area contributed by atoms with Gasteiger partial charge in [-0.25, -0.2) is 0 Å². The van der Waals surface area contributed by atoms with Crippen LogP contribution in [-0.2, 0) is 11.3 Å². The van der Waals surface area contributed by atoms with Gasteiger partial charge in [-0.3, -0.25) is 9.89 Å². The molecule has 0 aromatic heterocycles. The van der Waals surface area contributed by atoms with E-state index in [1.807, 2.05) is 19.2 Å². The summed E-state index contributed by atoms with van der Waals surface area (Å²) in [4.78, 5) is 6.68. The average Bonchev–Trinajstić information content (AvgIpc) is 2.74. The van der Waals surface area contributed by atoms with Gasteiger partial charge >= 0.3 is 0 Å². The standard InChI is InChI=1S/C22H38N4O2/c1-4-5-6-12-24-22(23-2)25-18-19-8-7-9-21(17-19)28-16-13-26(3)20-10-14-27-15-11-20/h7-9,17,20H,4-6,10-16,18H2,1-3H3,(H2,23,24,25). The molecule has 0 atom stereocenters. The lowest BCUT2D eigenvalue weighted by atomic mass is 10.1. The van der Waals surface area contributed by atoms with E-state index < -0.39 is 0 Å². The molecule has 0 amide bonds. The maximum Gasteiger partial charge on any atom is 0.191 e. The van der Waals surface area contributed by atoms with E-state index in [4.69, 9.17) is 9.47 Å². The molecule has 1 aromatic rings. The van der Waals surface area contributed by atoms with Crippen molar-refractivity contribution in [2.75, 3.05) is 47.0 Å². The van der Waals surface area contributed by atoms with Crippen molar-refractivity contribution in [3.8, 4) is 5.75 Å². The van der Waals surface area contributed by atoms with E-state index in [1.54, 1.807) is 0 Å². The molecule has 2 rings (SSSR count). The van der Waals surface area contributed by atoms with Crippen LogP contribution >= 0.6 is 0 Å². The van der Waals surface area contributed by atoms with Crippen molar-refractivity contribution < 1.29 is 9.47 Å². The minimum absolute atomic E-state index is 0.615. The van der Waals surface area contributed by atoms with Crippen molar-refractivity contribution in [3.05, 3.63) is 29.8 Å². The number of ether oxygens (including phenoxy) is 2. The molecule has 1 fully saturated rings. The molecule has 0 spiro atoms. The Morgan fingerprint density at radius 1 is 1.25 bits per heavy atom. The van der Waals surface area contributed by atoms with Gasteiger partial charge in [-0.2, -0.15) is 0 Å². The zero-order valence-electron chi connectivity index (χ0n) is 17.9. The molecule has 0 saturated carbocycles. The third kappa shape index (κ3) is 8.48. The number of benzene rings is 1. The van der Waals surface area contributed by atoms with Crippen LogP contribution in [0, 0.1) is 0 Å². The second-order valence-electron chi connectivity index (χ2n) is 7.38. The van der Waals surface area contributed by atoms with Crippen LogP contribution < -0.4 is 15.4 Å². The summed E-state index contributed by atoms with van der Waals surface area (Å²) in [5, 5.41) is 6.73. The highest BCUT2D eigenvalue weighted by Crippen LogP contribution is 2.15. The summed E-state index contributed by atoms with van der Waals surface area (Å²) in [6.45, 7) is 7.28. The fourth-order valence-corrected chi connectivity index (χ4v) is 3.35. The van der Waals surface area contributed by atoms with E-state index in [0.29, 0.717) is 12.6 Å². The molecule has 0 radical (unpaired) electrons. The van der Waals surface area contributed by atoms with E-state index in [9.17, 15) is 0 Å². The van der Waals surface area contributed by atoms with Crippen LogP contribution in [0.2, 0.25) is 0 Å². The molecular weight excluding hydrogens is 352 g/mol. The Balaban J connectivity index is 1.70. The second kappa shape index (κ2) is 13.4. The molecule has 1 heterocycles. The first kappa shape index (κ1) is 22.5. The third-order valence-electron chi connectivity index (χ3n) is 5.18. The SMILES string of the molecule is CCCCCNC(=NC)NCc1cccc(OCCN(C)C2CCOCC2)c1. The summed E-state index contributed by atoms with van der Waals surface area (Å²) in [5.41, 5.74) is 1.19. The molecule has 2 N–H and O–H groups in total. The molecular formula is C22H38N4O2. The highest BCUT2D eigenvalue weighted by atomic mass is 16.5. The molecule has 28 heavy (non-hydrogen) atoms. The first-order valence-corrected chi connectivity index (χ1v) is 10.7. The highest BCUT2D eigenvalue weighted by molar-refractivity contribution is 5.79. The number of unbranched alkanes of at least 4 members (excludes halogenated alkanes) is 2. The molecule has 0 unspecified atom stereocenters. The van der Waals surface area contributed by atoms with E-state index in [0.717, 1.165) is 57.4 Å². The molecule has 1 saturated heterocycles. The first-order valence-electron chi connectivity index (χ1n) is 10.7. The minimum Gasteiger partial charge on any atom is -0.492 e. The van der Waals surface area contributed by atoms with Crippen molar-refractivity contribution >= 4 is 5.96 Å². The molecule has 158 valence electrons. The summed E-state index contributed by atoms with van der Waals surface area (Å²) in [5.74, 6) is 1.77. The Morgan fingerprint density at radius 2 is 2.07 bits per heavy atom. The van der Waals surface area contributed by atoms with Crippen molar-refractivity contribution in [1.82, 2.24) is 15.5 Å². The first-order chi connectivity index (χ1) is 13.7. The number of likely N-dealkylation sites (N-methyl/N-ethyl adjacent to an activating group) is 1. The molecule has 6 nitrogen and oxygen atoms in total. The largest absolute Gasteiger partial charge is 0.492 e. The Bertz CT molecular complexity index is 573. The van der Waals surface area contributed by atoms with Crippen LogP contribution in [0.5, 0.6) is 5.75 Å². The van der Waals surface area contributed by atoms with Gasteiger partial charge in [0.2, 0.25) is 0 Å². The third-order valence-corrected chi connectivity index (χ3v) is 5.18. The van der Waals surface area contributed by atoms with Crippen molar-refractivity contribution in [1.29, 1.82) is 0 Å². The fraction of sp³-hybridized carbons (Fsp3) is 0.682. The molecule has 0 bridgehead atoms. The lowest BCUT2D eigenvalue weighted by Gasteiger charge is -2.31. The maximum atomic E-state index is 5.99. The lowest BCUT2D eigenvalue weighted by molar-refractivity contribution is 0.0392. The van der Waals surface area contributed by atoms with Gasteiger partial charge in [0.25, 0.3) is 0 Å². The Morgan fingerprint density at radius 3 is 2.82 bits per heavy atom. The number of rotatable bonds is 11.